The minimum Gasteiger partial charge on any atom is -0.389 e. The van der Waals surface area contributed by atoms with Gasteiger partial charge >= 0.3 is 0 Å². The first-order valence-corrected chi connectivity index (χ1v) is 8.50. The summed E-state index contributed by atoms with van der Waals surface area (Å²) in [5.74, 6) is 0. The maximum Gasteiger partial charge on any atom is 0.0935 e. The van der Waals surface area contributed by atoms with Crippen LogP contribution in [0.15, 0.2) is 60.7 Å². The molecule has 4 heteroatoms. The summed E-state index contributed by atoms with van der Waals surface area (Å²) in [7, 11) is 0. The molecule has 0 heterocycles. The molecule has 0 spiro atoms. The van der Waals surface area contributed by atoms with Crippen LogP contribution in [-0.4, -0.2) is 35.5 Å². The molecule has 24 heavy (non-hydrogen) atoms. The molecule has 2 aromatic rings. The molecule has 0 saturated carbocycles. The Kier molecular flexibility index (Phi) is 7.40. The molecule has 0 aliphatic rings. The Hall–Kier alpha value is -1.72. The Morgan fingerprint density at radius 1 is 0.667 bits per heavy atom. The van der Waals surface area contributed by atoms with Crippen molar-refractivity contribution < 1.29 is 10.2 Å². The summed E-state index contributed by atoms with van der Waals surface area (Å²) in [6.45, 7) is 4.78. The number of rotatable bonds is 9. The SMILES string of the molecule is C[C@H](NC[C@@H](O)[C@H](O)CN[C@@H](C)c1ccccc1)c1ccccc1. The second kappa shape index (κ2) is 9.55. The lowest BCUT2D eigenvalue weighted by atomic mass is 10.1. The van der Waals surface area contributed by atoms with E-state index in [2.05, 4.69) is 10.6 Å². The number of aliphatic hydroxyl groups excluding tert-OH is 2. The molecular formula is C20H28N2O2. The third kappa shape index (κ3) is 5.73. The third-order valence-corrected chi connectivity index (χ3v) is 4.31. The van der Waals surface area contributed by atoms with Gasteiger partial charge in [-0.2, -0.15) is 0 Å². The lowest BCUT2D eigenvalue weighted by Gasteiger charge is -2.23. The monoisotopic (exact) mass is 328 g/mol. The number of hydrogen-bond donors (Lipinski definition) is 4. The zero-order valence-electron chi connectivity index (χ0n) is 14.4. The standard InChI is InChI=1S/C20H28N2O2/c1-15(17-9-5-3-6-10-17)21-13-19(23)20(24)14-22-16(2)18-11-7-4-8-12-18/h3-12,15-16,19-24H,13-14H2,1-2H3/t15-,16-,19+,20+/m0/s1. The first kappa shape index (κ1) is 18.6. The van der Waals surface area contributed by atoms with E-state index in [0.717, 1.165) is 11.1 Å². The largest absolute Gasteiger partial charge is 0.389 e. The van der Waals surface area contributed by atoms with Gasteiger partial charge in [0.25, 0.3) is 0 Å². The molecular weight excluding hydrogens is 300 g/mol. The average molecular weight is 328 g/mol. The summed E-state index contributed by atoms with van der Waals surface area (Å²) in [5, 5.41) is 26.8. The first-order valence-electron chi connectivity index (χ1n) is 8.50. The van der Waals surface area contributed by atoms with E-state index in [4.69, 9.17) is 0 Å². The first-order chi connectivity index (χ1) is 11.6. The van der Waals surface area contributed by atoms with Crippen molar-refractivity contribution in [1.82, 2.24) is 10.6 Å². The summed E-state index contributed by atoms with van der Waals surface area (Å²) in [6, 6.07) is 20.4. The molecule has 0 aromatic heterocycles. The fraction of sp³-hybridized carbons (Fsp3) is 0.400. The van der Waals surface area contributed by atoms with E-state index in [1.807, 2.05) is 74.5 Å². The topological polar surface area (TPSA) is 64.5 Å². The Morgan fingerprint density at radius 2 is 1.00 bits per heavy atom. The predicted molar refractivity (Wildman–Crippen MR) is 97.7 cm³/mol. The normalized spacial score (nSPS) is 16.3. The molecule has 2 rings (SSSR count). The van der Waals surface area contributed by atoms with Gasteiger partial charge in [-0.05, 0) is 25.0 Å². The third-order valence-electron chi connectivity index (χ3n) is 4.31. The number of hydrogen-bond acceptors (Lipinski definition) is 4. The van der Waals surface area contributed by atoms with Crippen LogP contribution in [0.5, 0.6) is 0 Å². The molecule has 0 saturated heterocycles. The van der Waals surface area contributed by atoms with Crippen LogP contribution in [0.25, 0.3) is 0 Å². The molecule has 0 fully saturated rings. The van der Waals surface area contributed by atoms with Crippen molar-refractivity contribution in [2.24, 2.45) is 0 Å². The maximum atomic E-state index is 10.1. The summed E-state index contributed by atoms with van der Waals surface area (Å²) in [6.07, 6.45) is -1.63. The van der Waals surface area contributed by atoms with E-state index < -0.39 is 12.2 Å². The van der Waals surface area contributed by atoms with Gasteiger partial charge in [0.2, 0.25) is 0 Å². The van der Waals surface area contributed by atoms with Crippen LogP contribution in [0.4, 0.5) is 0 Å². The quantitative estimate of drug-likeness (QED) is 0.571. The van der Waals surface area contributed by atoms with Crippen LogP contribution in [0.2, 0.25) is 0 Å². The molecule has 130 valence electrons. The van der Waals surface area contributed by atoms with Gasteiger partial charge in [0.05, 0.1) is 12.2 Å². The van der Waals surface area contributed by atoms with Crippen molar-refractivity contribution in [2.45, 2.75) is 38.1 Å². The Morgan fingerprint density at radius 3 is 1.33 bits per heavy atom. The smallest absolute Gasteiger partial charge is 0.0935 e. The molecule has 0 amide bonds. The fourth-order valence-electron chi connectivity index (χ4n) is 2.59. The minimum atomic E-state index is -0.813. The van der Waals surface area contributed by atoms with E-state index in [1.54, 1.807) is 0 Å². The Bertz CT molecular complexity index is 523. The van der Waals surface area contributed by atoms with Gasteiger partial charge in [-0.3, -0.25) is 0 Å². The van der Waals surface area contributed by atoms with Crippen molar-refractivity contribution in [1.29, 1.82) is 0 Å². The van der Waals surface area contributed by atoms with Crippen molar-refractivity contribution in [3.8, 4) is 0 Å². The minimum absolute atomic E-state index is 0.129. The second-order valence-corrected chi connectivity index (χ2v) is 6.22. The summed E-state index contributed by atoms with van der Waals surface area (Å²) in [4.78, 5) is 0. The van der Waals surface area contributed by atoms with Crippen LogP contribution >= 0.6 is 0 Å². The van der Waals surface area contributed by atoms with Gasteiger partial charge in [-0.15, -0.1) is 0 Å². The number of benzene rings is 2. The molecule has 0 bridgehead atoms. The molecule has 4 atom stereocenters. The van der Waals surface area contributed by atoms with Crippen LogP contribution in [-0.2, 0) is 0 Å². The highest BCUT2D eigenvalue weighted by molar-refractivity contribution is 5.18. The molecule has 4 N–H and O–H groups in total. The molecule has 0 unspecified atom stereocenters. The summed E-state index contributed by atoms with van der Waals surface area (Å²) in [5.41, 5.74) is 2.32. The van der Waals surface area contributed by atoms with Crippen LogP contribution < -0.4 is 10.6 Å². The molecule has 2 aromatic carbocycles. The van der Waals surface area contributed by atoms with E-state index in [-0.39, 0.29) is 12.1 Å². The zero-order valence-corrected chi connectivity index (χ0v) is 14.4. The zero-order chi connectivity index (χ0) is 17.4. The van der Waals surface area contributed by atoms with Gasteiger partial charge in [-0.25, -0.2) is 0 Å². The summed E-state index contributed by atoms with van der Waals surface area (Å²) < 4.78 is 0. The molecule has 0 radical (unpaired) electrons. The second-order valence-electron chi connectivity index (χ2n) is 6.22. The van der Waals surface area contributed by atoms with Crippen molar-refractivity contribution in [2.75, 3.05) is 13.1 Å². The van der Waals surface area contributed by atoms with Crippen LogP contribution in [0.3, 0.4) is 0 Å². The Labute approximate surface area is 144 Å². The highest BCUT2D eigenvalue weighted by Gasteiger charge is 2.18. The van der Waals surface area contributed by atoms with Crippen molar-refractivity contribution in [3.05, 3.63) is 71.8 Å². The average Bonchev–Trinajstić information content (AvgIpc) is 2.64. The molecule has 0 aliphatic heterocycles. The van der Waals surface area contributed by atoms with Gasteiger partial charge in [0.15, 0.2) is 0 Å². The number of aliphatic hydroxyl groups is 2. The summed E-state index contributed by atoms with van der Waals surface area (Å²) >= 11 is 0. The predicted octanol–water partition coefficient (Wildman–Crippen LogP) is 2.41. The van der Waals surface area contributed by atoms with Gasteiger partial charge in [0.1, 0.15) is 0 Å². The van der Waals surface area contributed by atoms with Gasteiger partial charge < -0.3 is 20.8 Å². The van der Waals surface area contributed by atoms with Gasteiger partial charge in [0, 0.05) is 25.2 Å². The lowest BCUT2D eigenvalue weighted by Crippen LogP contribution is -2.43. The van der Waals surface area contributed by atoms with E-state index in [9.17, 15) is 10.2 Å². The molecule has 0 aliphatic carbocycles. The van der Waals surface area contributed by atoms with E-state index in [1.165, 1.54) is 0 Å². The van der Waals surface area contributed by atoms with Crippen molar-refractivity contribution in [3.63, 3.8) is 0 Å². The highest BCUT2D eigenvalue weighted by atomic mass is 16.3. The van der Waals surface area contributed by atoms with Crippen LogP contribution in [0, 0.1) is 0 Å². The van der Waals surface area contributed by atoms with Gasteiger partial charge in [-0.1, -0.05) is 60.7 Å². The van der Waals surface area contributed by atoms with E-state index >= 15 is 0 Å². The maximum absolute atomic E-state index is 10.1. The lowest BCUT2D eigenvalue weighted by molar-refractivity contribution is 0.0183. The van der Waals surface area contributed by atoms with Crippen LogP contribution in [0.1, 0.15) is 37.1 Å². The molecule has 4 nitrogen and oxygen atoms in total. The van der Waals surface area contributed by atoms with Crippen molar-refractivity contribution >= 4 is 0 Å². The highest BCUT2D eigenvalue weighted by Crippen LogP contribution is 2.12. The fourth-order valence-corrected chi connectivity index (χ4v) is 2.59. The number of nitrogens with one attached hydrogen (secondary N) is 2. The Balaban J connectivity index is 1.73. The van der Waals surface area contributed by atoms with E-state index in [0.29, 0.717) is 13.1 Å².